The van der Waals surface area contributed by atoms with Crippen molar-refractivity contribution in [1.29, 1.82) is 0 Å². The van der Waals surface area contributed by atoms with E-state index in [2.05, 4.69) is 10.2 Å². The van der Waals surface area contributed by atoms with Crippen LogP contribution in [0.25, 0.3) is 32.9 Å². The van der Waals surface area contributed by atoms with Crippen LogP contribution in [-0.2, 0) is 0 Å². The van der Waals surface area contributed by atoms with Crippen molar-refractivity contribution < 1.29 is 14.2 Å². The van der Waals surface area contributed by atoms with Crippen LogP contribution in [0.2, 0.25) is 5.02 Å². The van der Waals surface area contributed by atoms with E-state index in [-0.39, 0.29) is 0 Å². The summed E-state index contributed by atoms with van der Waals surface area (Å²) in [5, 5.41) is 11.2. The van der Waals surface area contributed by atoms with Crippen LogP contribution in [0, 0.1) is 0 Å². The summed E-state index contributed by atoms with van der Waals surface area (Å²) in [7, 11) is 4.76. The molecule has 0 N–H and O–H groups in total. The molecule has 0 aliphatic rings. The van der Waals surface area contributed by atoms with E-state index in [4.69, 9.17) is 30.8 Å². The minimum absolute atomic E-state index is 0.538. The minimum atomic E-state index is 0.538. The number of ether oxygens (including phenoxy) is 3. The fourth-order valence-corrected chi connectivity index (χ4v) is 3.86. The molecule has 0 spiro atoms. The average Bonchev–Trinajstić information content (AvgIpc) is 3.16. The van der Waals surface area contributed by atoms with Gasteiger partial charge in [-0.3, -0.25) is 0 Å². The summed E-state index contributed by atoms with van der Waals surface area (Å²) < 4.78 is 16.4. The number of hydrogen-bond acceptors (Lipinski definition) is 7. The summed E-state index contributed by atoms with van der Waals surface area (Å²) in [5.41, 5.74) is 3.42. The van der Waals surface area contributed by atoms with Gasteiger partial charge in [0.05, 0.1) is 21.3 Å². The summed E-state index contributed by atoms with van der Waals surface area (Å²) in [4.78, 5) is 5.50. The molecule has 142 valence electrons. The molecular weight excluding hydrogens is 398 g/mol. The van der Waals surface area contributed by atoms with Crippen molar-refractivity contribution in [2.45, 2.75) is 0 Å². The highest BCUT2D eigenvalue weighted by molar-refractivity contribution is 7.17. The summed E-state index contributed by atoms with van der Waals surface area (Å²) >= 11 is 7.46. The number of aromatic nitrogens is 3. The number of thiophene rings is 1. The Hall–Kier alpha value is -2.90. The fraction of sp³-hybridized carbons (Fsp3) is 0.150. The summed E-state index contributed by atoms with van der Waals surface area (Å²) in [6, 6.07) is 11.1. The van der Waals surface area contributed by atoms with Crippen LogP contribution < -0.4 is 14.2 Å². The first-order chi connectivity index (χ1) is 13.6. The first-order valence-electron chi connectivity index (χ1n) is 8.33. The van der Waals surface area contributed by atoms with E-state index in [1.165, 1.54) is 11.3 Å². The third-order valence-electron chi connectivity index (χ3n) is 4.28. The molecule has 0 atom stereocenters. The molecular formula is C20H16ClN3O3S. The van der Waals surface area contributed by atoms with Crippen molar-refractivity contribution >= 4 is 33.3 Å². The van der Waals surface area contributed by atoms with E-state index in [9.17, 15) is 0 Å². The van der Waals surface area contributed by atoms with Crippen molar-refractivity contribution in [2.75, 3.05) is 21.3 Å². The van der Waals surface area contributed by atoms with Crippen LogP contribution in [0.15, 0.2) is 41.8 Å². The second-order valence-corrected chi connectivity index (χ2v) is 7.15. The number of fused-ring (bicyclic) bond motifs is 1. The average molecular weight is 414 g/mol. The quantitative estimate of drug-likeness (QED) is 0.453. The lowest BCUT2D eigenvalue weighted by Crippen LogP contribution is -1.96. The molecule has 0 aliphatic heterocycles. The number of hydrogen-bond donors (Lipinski definition) is 0. The van der Waals surface area contributed by atoms with Crippen molar-refractivity contribution in [3.8, 4) is 39.8 Å². The van der Waals surface area contributed by atoms with Gasteiger partial charge < -0.3 is 14.2 Å². The molecule has 0 unspecified atom stereocenters. The van der Waals surface area contributed by atoms with Crippen molar-refractivity contribution in [3.05, 3.63) is 46.8 Å². The van der Waals surface area contributed by atoms with Gasteiger partial charge in [0.2, 0.25) is 5.75 Å². The molecule has 2 aromatic carbocycles. The topological polar surface area (TPSA) is 66.4 Å². The summed E-state index contributed by atoms with van der Waals surface area (Å²) in [5.74, 6) is 2.24. The molecule has 0 aliphatic carbocycles. The largest absolute Gasteiger partial charge is 0.493 e. The van der Waals surface area contributed by atoms with Gasteiger partial charge in [-0.1, -0.05) is 11.6 Å². The van der Waals surface area contributed by atoms with Crippen LogP contribution in [0.3, 0.4) is 0 Å². The zero-order valence-electron chi connectivity index (χ0n) is 15.4. The monoisotopic (exact) mass is 413 g/mol. The van der Waals surface area contributed by atoms with E-state index in [1.807, 2.05) is 29.6 Å². The maximum absolute atomic E-state index is 5.98. The van der Waals surface area contributed by atoms with Gasteiger partial charge in [-0.05, 0) is 42.0 Å². The van der Waals surface area contributed by atoms with Crippen molar-refractivity contribution in [3.63, 3.8) is 0 Å². The van der Waals surface area contributed by atoms with E-state index in [1.54, 1.807) is 33.5 Å². The molecule has 2 heterocycles. The number of methoxy groups -OCH3 is 3. The van der Waals surface area contributed by atoms with Gasteiger partial charge in [0.1, 0.15) is 5.52 Å². The van der Waals surface area contributed by atoms with Crippen molar-refractivity contribution in [1.82, 2.24) is 15.2 Å². The molecule has 0 radical (unpaired) electrons. The highest BCUT2D eigenvalue weighted by Gasteiger charge is 2.18. The fourth-order valence-electron chi connectivity index (χ4n) is 2.90. The Morgan fingerprint density at radius 2 is 1.54 bits per heavy atom. The van der Waals surface area contributed by atoms with E-state index < -0.39 is 0 Å². The molecule has 8 heteroatoms. The van der Waals surface area contributed by atoms with Gasteiger partial charge in [-0.15, -0.1) is 21.5 Å². The highest BCUT2D eigenvalue weighted by Crippen LogP contribution is 2.43. The van der Waals surface area contributed by atoms with Gasteiger partial charge in [0.15, 0.2) is 22.2 Å². The predicted octanol–water partition coefficient (Wildman–Crippen LogP) is 5.10. The van der Waals surface area contributed by atoms with Gasteiger partial charge in [0.25, 0.3) is 0 Å². The van der Waals surface area contributed by atoms with Crippen LogP contribution in [0.4, 0.5) is 0 Å². The molecule has 0 saturated carbocycles. The zero-order chi connectivity index (χ0) is 19.7. The normalized spacial score (nSPS) is 10.9. The van der Waals surface area contributed by atoms with Crippen molar-refractivity contribution in [2.24, 2.45) is 0 Å². The Balaban J connectivity index is 1.87. The third kappa shape index (κ3) is 3.23. The maximum atomic E-state index is 5.98. The Kier molecular flexibility index (Phi) is 5.02. The van der Waals surface area contributed by atoms with Gasteiger partial charge >= 0.3 is 0 Å². The van der Waals surface area contributed by atoms with Crippen LogP contribution >= 0.6 is 22.9 Å². The van der Waals surface area contributed by atoms with E-state index >= 15 is 0 Å². The SMILES string of the molecule is COc1cc(-c2csc3nnc(-c4ccc(Cl)cc4)nc23)cc(OC)c1OC. The van der Waals surface area contributed by atoms with Crippen LogP contribution in [0.1, 0.15) is 0 Å². The smallest absolute Gasteiger partial charge is 0.203 e. The summed E-state index contributed by atoms with van der Waals surface area (Å²) in [6.45, 7) is 0. The second kappa shape index (κ2) is 7.61. The lowest BCUT2D eigenvalue weighted by atomic mass is 10.1. The van der Waals surface area contributed by atoms with Crippen LogP contribution in [0.5, 0.6) is 17.2 Å². The molecule has 4 rings (SSSR count). The lowest BCUT2D eigenvalue weighted by molar-refractivity contribution is 0.324. The summed E-state index contributed by atoms with van der Waals surface area (Å²) in [6.07, 6.45) is 0. The number of rotatable bonds is 5. The number of nitrogens with zero attached hydrogens (tertiary/aromatic N) is 3. The van der Waals surface area contributed by atoms with Crippen LogP contribution in [-0.4, -0.2) is 36.5 Å². The number of benzene rings is 2. The zero-order valence-corrected chi connectivity index (χ0v) is 17.0. The van der Waals surface area contributed by atoms with Gasteiger partial charge in [0, 0.05) is 21.5 Å². The predicted molar refractivity (Wildman–Crippen MR) is 111 cm³/mol. The standard InChI is InChI=1S/C20H16ClN3O3S/c1-25-15-8-12(9-16(26-2)18(15)27-3)14-10-28-20-17(14)22-19(23-24-20)11-4-6-13(21)7-5-11/h4-10H,1-3H3. The molecule has 28 heavy (non-hydrogen) atoms. The molecule has 0 fully saturated rings. The van der Waals surface area contributed by atoms with E-state index in [0.717, 1.165) is 27.0 Å². The molecule has 4 aromatic rings. The first kappa shape index (κ1) is 18.5. The molecule has 0 saturated heterocycles. The molecule has 2 aromatic heterocycles. The third-order valence-corrected chi connectivity index (χ3v) is 5.38. The Morgan fingerprint density at radius 1 is 0.857 bits per heavy atom. The lowest BCUT2D eigenvalue weighted by Gasteiger charge is -2.13. The van der Waals surface area contributed by atoms with Gasteiger partial charge in [-0.2, -0.15) is 0 Å². The Morgan fingerprint density at radius 3 is 2.14 bits per heavy atom. The highest BCUT2D eigenvalue weighted by atomic mass is 35.5. The molecule has 0 amide bonds. The van der Waals surface area contributed by atoms with Gasteiger partial charge in [-0.25, -0.2) is 4.98 Å². The maximum Gasteiger partial charge on any atom is 0.203 e. The second-order valence-electron chi connectivity index (χ2n) is 5.86. The Labute approximate surface area is 170 Å². The number of halogens is 1. The van der Waals surface area contributed by atoms with E-state index in [0.29, 0.717) is 28.1 Å². The first-order valence-corrected chi connectivity index (χ1v) is 9.58. The Bertz CT molecular complexity index is 1120. The minimum Gasteiger partial charge on any atom is -0.493 e. The molecule has 0 bridgehead atoms. The molecule has 6 nitrogen and oxygen atoms in total.